The zero-order valence-corrected chi connectivity index (χ0v) is 12.4. The molecule has 0 aliphatic heterocycles. The number of rotatable bonds is 5. The summed E-state index contributed by atoms with van der Waals surface area (Å²) >= 11 is 4.14. The molecule has 0 saturated carbocycles. The van der Waals surface area contributed by atoms with Crippen LogP contribution in [0.5, 0.6) is 0 Å². The molecule has 0 amide bonds. The first-order valence-electron chi connectivity index (χ1n) is 4.74. The van der Waals surface area contributed by atoms with E-state index in [0.29, 0.717) is 4.47 Å². The van der Waals surface area contributed by atoms with Crippen LogP contribution in [-0.4, -0.2) is 25.5 Å². The van der Waals surface area contributed by atoms with Crippen molar-refractivity contribution in [2.75, 3.05) is 0 Å². The molecule has 2 N–H and O–H groups in total. The molecule has 0 aliphatic rings. The Morgan fingerprint density at radius 2 is 2.12 bits per heavy atom. The smallest absolute Gasteiger partial charge is 0.322 e. The van der Waals surface area contributed by atoms with Crippen LogP contribution in [-0.2, 0) is 14.8 Å². The third-order valence-electron chi connectivity index (χ3n) is 2.04. The van der Waals surface area contributed by atoms with Gasteiger partial charge in [-0.1, -0.05) is 13.8 Å². The summed E-state index contributed by atoms with van der Waals surface area (Å²) in [6, 6.07) is 0.471. The normalized spacial score (nSPS) is 13.9. The minimum absolute atomic E-state index is 0.0874. The number of carboxylic acids is 1. The van der Waals surface area contributed by atoms with Gasteiger partial charge in [-0.3, -0.25) is 4.79 Å². The van der Waals surface area contributed by atoms with Gasteiger partial charge in [0.1, 0.15) is 10.3 Å². The molecular formula is C9H12BrNO4S2. The summed E-state index contributed by atoms with van der Waals surface area (Å²) in [5.41, 5.74) is 0. The number of nitrogens with one attached hydrogen (secondary N) is 1. The first-order chi connectivity index (χ1) is 7.75. The van der Waals surface area contributed by atoms with Crippen molar-refractivity contribution >= 4 is 43.3 Å². The van der Waals surface area contributed by atoms with Crippen LogP contribution in [0.3, 0.4) is 0 Å². The van der Waals surface area contributed by atoms with Crippen LogP contribution in [0.25, 0.3) is 0 Å². The van der Waals surface area contributed by atoms with Crippen LogP contribution in [0.1, 0.15) is 13.8 Å². The quantitative estimate of drug-likeness (QED) is 0.856. The summed E-state index contributed by atoms with van der Waals surface area (Å²) in [4.78, 5) is 10.9. The van der Waals surface area contributed by atoms with E-state index in [9.17, 15) is 13.2 Å². The third kappa shape index (κ3) is 3.51. The zero-order chi connectivity index (χ0) is 13.2. The second kappa shape index (κ2) is 5.47. The molecule has 1 aromatic heterocycles. The molecular weight excluding hydrogens is 330 g/mol. The molecule has 0 radical (unpaired) electrons. The Kier molecular flexibility index (Phi) is 4.70. The predicted octanol–water partition coefficient (Wildman–Crippen LogP) is 1.90. The number of hydrogen-bond donors (Lipinski definition) is 2. The topological polar surface area (TPSA) is 83.5 Å². The number of sulfonamides is 1. The molecule has 1 atom stereocenters. The lowest BCUT2D eigenvalue weighted by atomic mass is 10.1. The van der Waals surface area contributed by atoms with E-state index in [0.717, 1.165) is 11.3 Å². The summed E-state index contributed by atoms with van der Waals surface area (Å²) < 4.78 is 26.6. The molecule has 96 valence electrons. The lowest BCUT2D eigenvalue weighted by Crippen LogP contribution is -2.44. The summed E-state index contributed by atoms with van der Waals surface area (Å²) in [5, 5.41) is 10.6. The van der Waals surface area contributed by atoms with Gasteiger partial charge in [-0.05, 0) is 33.3 Å². The average Bonchev–Trinajstić information content (AvgIpc) is 2.60. The lowest BCUT2D eigenvalue weighted by Gasteiger charge is -2.17. The number of aliphatic carboxylic acids is 1. The fourth-order valence-corrected chi connectivity index (χ4v) is 4.86. The van der Waals surface area contributed by atoms with Gasteiger partial charge in [-0.25, -0.2) is 8.42 Å². The summed E-state index contributed by atoms with van der Waals surface area (Å²) in [7, 11) is -3.80. The van der Waals surface area contributed by atoms with Crippen molar-refractivity contribution in [1.82, 2.24) is 4.72 Å². The van der Waals surface area contributed by atoms with E-state index in [1.54, 1.807) is 25.3 Å². The molecule has 0 aliphatic carbocycles. The second-order valence-electron chi connectivity index (χ2n) is 3.74. The number of carboxylic acid groups (broad SMARTS) is 1. The highest BCUT2D eigenvalue weighted by Gasteiger charge is 2.29. The van der Waals surface area contributed by atoms with Gasteiger partial charge in [0.2, 0.25) is 0 Å². The van der Waals surface area contributed by atoms with Crippen molar-refractivity contribution in [3.05, 3.63) is 15.9 Å². The van der Waals surface area contributed by atoms with Crippen molar-refractivity contribution in [2.24, 2.45) is 5.92 Å². The Hall–Kier alpha value is -0.440. The van der Waals surface area contributed by atoms with Gasteiger partial charge in [0.25, 0.3) is 10.0 Å². The first-order valence-corrected chi connectivity index (χ1v) is 7.89. The van der Waals surface area contributed by atoms with E-state index in [-0.39, 0.29) is 10.1 Å². The molecule has 0 fully saturated rings. The van der Waals surface area contributed by atoms with Crippen molar-refractivity contribution in [1.29, 1.82) is 0 Å². The number of carbonyl (C=O) groups is 1. The SMILES string of the molecule is CC(C)[C@@H](NS(=O)(=O)c1sccc1Br)C(=O)O. The fraction of sp³-hybridized carbons (Fsp3) is 0.444. The molecule has 8 heteroatoms. The number of thiophene rings is 1. The van der Waals surface area contributed by atoms with Gasteiger partial charge in [0, 0.05) is 4.47 Å². The monoisotopic (exact) mass is 341 g/mol. The molecule has 1 aromatic rings. The highest BCUT2D eigenvalue weighted by Crippen LogP contribution is 2.27. The van der Waals surface area contributed by atoms with Crippen LogP contribution < -0.4 is 4.72 Å². The van der Waals surface area contributed by atoms with Crippen LogP contribution in [0.15, 0.2) is 20.1 Å². The van der Waals surface area contributed by atoms with Gasteiger partial charge in [-0.2, -0.15) is 4.72 Å². The summed E-state index contributed by atoms with van der Waals surface area (Å²) in [5.74, 6) is -1.52. The van der Waals surface area contributed by atoms with Crippen LogP contribution >= 0.6 is 27.3 Å². The average molecular weight is 342 g/mol. The van der Waals surface area contributed by atoms with Gasteiger partial charge >= 0.3 is 5.97 Å². The van der Waals surface area contributed by atoms with Crippen molar-refractivity contribution in [2.45, 2.75) is 24.1 Å². The summed E-state index contributed by atoms with van der Waals surface area (Å²) in [6.45, 7) is 3.29. The van der Waals surface area contributed by atoms with E-state index >= 15 is 0 Å². The molecule has 17 heavy (non-hydrogen) atoms. The number of halogens is 1. The maximum absolute atomic E-state index is 11.9. The molecule has 0 aromatic carbocycles. The zero-order valence-electron chi connectivity index (χ0n) is 9.18. The van der Waals surface area contributed by atoms with E-state index in [4.69, 9.17) is 5.11 Å². The van der Waals surface area contributed by atoms with Crippen LogP contribution in [0, 0.1) is 5.92 Å². The highest BCUT2D eigenvalue weighted by molar-refractivity contribution is 9.10. The van der Waals surface area contributed by atoms with Crippen LogP contribution in [0.2, 0.25) is 0 Å². The van der Waals surface area contributed by atoms with E-state index in [2.05, 4.69) is 20.7 Å². The molecule has 1 heterocycles. The Bertz CT molecular complexity index is 509. The Labute approximate surface area is 112 Å². The molecule has 0 unspecified atom stereocenters. The van der Waals surface area contributed by atoms with Crippen LogP contribution in [0.4, 0.5) is 0 Å². The van der Waals surface area contributed by atoms with E-state index in [1.807, 2.05) is 0 Å². The van der Waals surface area contributed by atoms with E-state index in [1.165, 1.54) is 0 Å². The maximum atomic E-state index is 11.9. The fourth-order valence-electron chi connectivity index (χ4n) is 1.16. The molecule has 5 nitrogen and oxygen atoms in total. The van der Waals surface area contributed by atoms with Crippen molar-refractivity contribution in [3.63, 3.8) is 0 Å². The molecule has 0 spiro atoms. The van der Waals surface area contributed by atoms with E-state index < -0.39 is 22.0 Å². The highest BCUT2D eigenvalue weighted by atomic mass is 79.9. The largest absolute Gasteiger partial charge is 0.480 e. The number of hydrogen-bond acceptors (Lipinski definition) is 4. The standard InChI is InChI=1S/C9H12BrNO4S2/c1-5(2)7(8(12)13)11-17(14,15)9-6(10)3-4-16-9/h3-5,7,11H,1-2H3,(H,12,13)/t7-/m1/s1. The Balaban J connectivity index is 3.01. The Morgan fingerprint density at radius 3 is 2.47 bits per heavy atom. The minimum Gasteiger partial charge on any atom is -0.480 e. The van der Waals surface area contributed by atoms with Crippen molar-refractivity contribution < 1.29 is 18.3 Å². The Morgan fingerprint density at radius 1 is 1.53 bits per heavy atom. The molecule has 0 bridgehead atoms. The molecule has 0 saturated heterocycles. The van der Waals surface area contributed by atoms with Gasteiger partial charge < -0.3 is 5.11 Å². The second-order valence-corrected chi connectivity index (χ2v) is 7.42. The molecule has 1 rings (SSSR count). The van der Waals surface area contributed by atoms with Gasteiger partial charge in [0.15, 0.2) is 0 Å². The van der Waals surface area contributed by atoms with Gasteiger partial charge in [-0.15, -0.1) is 11.3 Å². The van der Waals surface area contributed by atoms with Gasteiger partial charge in [0.05, 0.1) is 0 Å². The third-order valence-corrected chi connectivity index (χ3v) is 6.15. The predicted molar refractivity (Wildman–Crippen MR) is 68.6 cm³/mol. The lowest BCUT2D eigenvalue weighted by molar-refractivity contribution is -0.140. The minimum atomic E-state index is -3.80. The first kappa shape index (κ1) is 14.6. The summed E-state index contributed by atoms with van der Waals surface area (Å²) in [6.07, 6.45) is 0. The maximum Gasteiger partial charge on any atom is 0.322 e. The van der Waals surface area contributed by atoms with Crippen molar-refractivity contribution in [3.8, 4) is 0 Å².